The van der Waals surface area contributed by atoms with Gasteiger partial charge < -0.3 is 20.1 Å². The molecule has 0 amide bonds. The number of guanidine groups is 1. The van der Waals surface area contributed by atoms with E-state index < -0.39 is 0 Å². The van der Waals surface area contributed by atoms with E-state index in [1.807, 2.05) is 0 Å². The molecule has 1 saturated carbocycles. The van der Waals surface area contributed by atoms with Crippen LogP contribution in [0.3, 0.4) is 0 Å². The summed E-state index contributed by atoms with van der Waals surface area (Å²) in [6.45, 7) is 4.78. The Hall–Kier alpha value is -0.810. The number of aliphatic imine (C=N–C) groups is 1. The number of fused-ring (bicyclic) bond motifs is 2. The Labute approximate surface area is 134 Å². The Morgan fingerprint density at radius 1 is 1.36 bits per heavy atom. The molecule has 3 unspecified atom stereocenters. The third kappa shape index (κ3) is 3.57. The predicted molar refractivity (Wildman–Crippen MR) is 88.2 cm³/mol. The summed E-state index contributed by atoms with van der Waals surface area (Å²) in [5.41, 5.74) is 0.379. The Morgan fingerprint density at radius 2 is 2.23 bits per heavy atom. The van der Waals surface area contributed by atoms with Gasteiger partial charge in [0, 0.05) is 26.8 Å². The van der Waals surface area contributed by atoms with Crippen molar-refractivity contribution in [3.63, 3.8) is 0 Å². The molecule has 2 bridgehead atoms. The fourth-order valence-corrected chi connectivity index (χ4v) is 4.01. The average Bonchev–Trinajstić information content (AvgIpc) is 3.08. The molecule has 2 heterocycles. The highest BCUT2D eigenvalue weighted by atomic mass is 16.5. The molecule has 0 spiro atoms. The van der Waals surface area contributed by atoms with Crippen LogP contribution in [0.1, 0.15) is 51.9 Å². The highest BCUT2D eigenvalue weighted by molar-refractivity contribution is 5.80. The molecule has 3 aliphatic rings. The predicted octanol–water partition coefficient (Wildman–Crippen LogP) is 2.07. The van der Waals surface area contributed by atoms with Crippen molar-refractivity contribution in [2.45, 2.75) is 70.1 Å². The number of nitrogens with zero attached hydrogens (tertiary/aromatic N) is 1. The third-order valence-corrected chi connectivity index (χ3v) is 5.60. The minimum absolute atomic E-state index is 0.379. The summed E-state index contributed by atoms with van der Waals surface area (Å²) in [7, 11) is 1.79. The second-order valence-corrected chi connectivity index (χ2v) is 7.15. The lowest BCUT2D eigenvalue weighted by atomic mass is 9.67. The van der Waals surface area contributed by atoms with Crippen LogP contribution in [0, 0.1) is 5.41 Å². The van der Waals surface area contributed by atoms with Crippen molar-refractivity contribution in [2.75, 3.05) is 26.8 Å². The zero-order valence-corrected chi connectivity index (χ0v) is 14.1. The Kier molecular flexibility index (Phi) is 5.24. The smallest absolute Gasteiger partial charge is 0.191 e. The first kappa shape index (κ1) is 16.1. The molecule has 22 heavy (non-hydrogen) atoms. The largest absolute Gasteiger partial charge is 0.385 e. The Bertz CT molecular complexity index is 395. The van der Waals surface area contributed by atoms with Gasteiger partial charge in [-0.15, -0.1) is 0 Å². The molecule has 5 nitrogen and oxygen atoms in total. The van der Waals surface area contributed by atoms with Crippen LogP contribution in [-0.4, -0.2) is 51.0 Å². The van der Waals surface area contributed by atoms with Crippen LogP contribution < -0.4 is 10.6 Å². The first-order valence-electron chi connectivity index (χ1n) is 8.94. The molecule has 3 fully saturated rings. The van der Waals surface area contributed by atoms with E-state index in [1.165, 1.54) is 32.1 Å². The van der Waals surface area contributed by atoms with Crippen molar-refractivity contribution >= 4 is 5.96 Å². The maximum atomic E-state index is 5.93. The molecule has 1 aliphatic carbocycles. The van der Waals surface area contributed by atoms with Gasteiger partial charge in [-0.25, -0.2) is 0 Å². The quantitative estimate of drug-likeness (QED) is 0.558. The van der Waals surface area contributed by atoms with E-state index in [1.54, 1.807) is 7.11 Å². The molecule has 0 aromatic rings. The normalized spacial score (nSPS) is 32.8. The highest BCUT2D eigenvalue weighted by Gasteiger charge is 2.41. The monoisotopic (exact) mass is 309 g/mol. The molecule has 0 radical (unpaired) electrons. The van der Waals surface area contributed by atoms with E-state index in [4.69, 9.17) is 14.5 Å². The lowest BCUT2D eigenvalue weighted by molar-refractivity contribution is 0.0778. The second-order valence-electron chi connectivity index (χ2n) is 7.15. The summed E-state index contributed by atoms with van der Waals surface area (Å²) in [6.07, 6.45) is 9.46. The molecule has 0 aromatic heterocycles. The topological polar surface area (TPSA) is 54.9 Å². The second kappa shape index (κ2) is 7.18. The number of hydrogen-bond donors (Lipinski definition) is 2. The SMILES string of the molecule is CCNC(=NCC1(CCOC)CCC1)NC1CC2CCC1O2. The maximum Gasteiger partial charge on any atom is 0.191 e. The third-order valence-electron chi connectivity index (χ3n) is 5.60. The van der Waals surface area contributed by atoms with Crippen LogP contribution >= 0.6 is 0 Å². The summed E-state index contributed by atoms with van der Waals surface area (Å²) in [5.74, 6) is 0.965. The number of hydrogen-bond acceptors (Lipinski definition) is 3. The molecule has 126 valence electrons. The van der Waals surface area contributed by atoms with Gasteiger partial charge in [0.2, 0.25) is 0 Å². The molecule has 2 N–H and O–H groups in total. The van der Waals surface area contributed by atoms with Crippen molar-refractivity contribution < 1.29 is 9.47 Å². The van der Waals surface area contributed by atoms with E-state index in [-0.39, 0.29) is 0 Å². The van der Waals surface area contributed by atoms with Crippen LogP contribution in [0.2, 0.25) is 0 Å². The zero-order valence-electron chi connectivity index (χ0n) is 14.1. The average molecular weight is 309 g/mol. The van der Waals surface area contributed by atoms with E-state index in [2.05, 4.69) is 17.6 Å². The lowest BCUT2D eigenvalue weighted by Crippen LogP contribution is -2.48. The van der Waals surface area contributed by atoms with Gasteiger partial charge in [0.25, 0.3) is 0 Å². The van der Waals surface area contributed by atoms with Gasteiger partial charge in [-0.3, -0.25) is 4.99 Å². The van der Waals surface area contributed by atoms with Crippen LogP contribution in [0.4, 0.5) is 0 Å². The van der Waals surface area contributed by atoms with Crippen LogP contribution in [-0.2, 0) is 9.47 Å². The van der Waals surface area contributed by atoms with Gasteiger partial charge in [0.05, 0.1) is 18.2 Å². The van der Waals surface area contributed by atoms with Crippen LogP contribution in [0.15, 0.2) is 4.99 Å². The molecule has 2 saturated heterocycles. The zero-order chi connectivity index (χ0) is 15.4. The number of rotatable bonds is 7. The maximum absolute atomic E-state index is 5.93. The number of methoxy groups -OCH3 is 1. The first-order valence-corrected chi connectivity index (χ1v) is 8.94. The first-order chi connectivity index (χ1) is 10.7. The molecule has 3 rings (SSSR count). The molecule has 0 aromatic carbocycles. The molecule has 3 atom stereocenters. The van der Waals surface area contributed by atoms with E-state index >= 15 is 0 Å². The summed E-state index contributed by atoms with van der Waals surface area (Å²) < 4.78 is 11.2. The fourth-order valence-electron chi connectivity index (χ4n) is 4.01. The Balaban J connectivity index is 1.55. The van der Waals surface area contributed by atoms with Gasteiger partial charge in [-0.2, -0.15) is 0 Å². The van der Waals surface area contributed by atoms with Crippen LogP contribution in [0.25, 0.3) is 0 Å². The highest BCUT2D eigenvalue weighted by Crippen LogP contribution is 2.44. The van der Waals surface area contributed by atoms with Crippen molar-refractivity contribution in [3.8, 4) is 0 Å². The van der Waals surface area contributed by atoms with Gasteiger partial charge in [-0.1, -0.05) is 6.42 Å². The van der Waals surface area contributed by atoms with Gasteiger partial charge >= 0.3 is 0 Å². The van der Waals surface area contributed by atoms with E-state index in [9.17, 15) is 0 Å². The van der Waals surface area contributed by atoms with E-state index in [0.29, 0.717) is 23.7 Å². The van der Waals surface area contributed by atoms with Crippen molar-refractivity contribution in [2.24, 2.45) is 10.4 Å². The van der Waals surface area contributed by atoms with Gasteiger partial charge in [-0.05, 0) is 50.9 Å². The molecular weight excluding hydrogens is 278 g/mol. The molecule has 5 heteroatoms. The van der Waals surface area contributed by atoms with E-state index in [0.717, 1.165) is 38.5 Å². The summed E-state index contributed by atoms with van der Waals surface area (Å²) in [5, 5.41) is 7.01. The van der Waals surface area contributed by atoms with Crippen LogP contribution in [0.5, 0.6) is 0 Å². The number of ether oxygens (including phenoxy) is 2. The lowest BCUT2D eigenvalue weighted by Gasteiger charge is -2.41. The van der Waals surface area contributed by atoms with Crippen molar-refractivity contribution in [1.29, 1.82) is 0 Å². The van der Waals surface area contributed by atoms with Gasteiger partial charge in [0.15, 0.2) is 5.96 Å². The standard InChI is InChI=1S/C17H31N3O2/c1-3-18-16(20-14-11-13-5-6-15(14)22-13)19-12-17(7-4-8-17)9-10-21-2/h13-15H,3-12H2,1-2H3,(H2,18,19,20). The fraction of sp³-hybridized carbons (Fsp3) is 0.941. The molecule has 2 aliphatic heterocycles. The minimum Gasteiger partial charge on any atom is -0.385 e. The van der Waals surface area contributed by atoms with Crippen molar-refractivity contribution in [3.05, 3.63) is 0 Å². The minimum atomic E-state index is 0.379. The molecular formula is C17H31N3O2. The van der Waals surface area contributed by atoms with Crippen molar-refractivity contribution in [1.82, 2.24) is 10.6 Å². The van der Waals surface area contributed by atoms with Gasteiger partial charge in [0.1, 0.15) is 0 Å². The summed E-state index contributed by atoms with van der Waals surface area (Å²) in [6, 6.07) is 0.438. The summed E-state index contributed by atoms with van der Waals surface area (Å²) in [4.78, 5) is 4.89. The summed E-state index contributed by atoms with van der Waals surface area (Å²) >= 11 is 0. The Morgan fingerprint density at radius 3 is 2.77 bits per heavy atom. The number of nitrogens with one attached hydrogen (secondary N) is 2.